The highest BCUT2D eigenvalue weighted by molar-refractivity contribution is 5.92. The largest absolute Gasteiger partial charge is 0.508 e. The quantitative estimate of drug-likeness (QED) is 0.561. The zero-order chi connectivity index (χ0) is 18.4. The third-order valence-corrected chi connectivity index (χ3v) is 3.45. The van der Waals surface area contributed by atoms with Crippen LogP contribution in [0, 0.1) is 0 Å². The lowest BCUT2D eigenvalue weighted by atomic mass is 10.2. The van der Waals surface area contributed by atoms with Gasteiger partial charge < -0.3 is 14.6 Å². The number of phenolic OH excluding ortho intramolecular Hbond substituents is 1. The Morgan fingerprint density at radius 3 is 2.46 bits per heavy atom. The average Bonchev–Trinajstić information content (AvgIpc) is 2.67. The van der Waals surface area contributed by atoms with Gasteiger partial charge in [0.2, 0.25) is 0 Å². The Labute approximate surface area is 149 Å². The highest BCUT2D eigenvalue weighted by Crippen LogP contribution is 2.23. The molecule has 3 aromatic rings. The van der Waals surface area contributed by atoms with Crippen LogP contribution in [0.5, 0.6) is 11.5 Å². The van der Waals surface area contributed by atoms with Crippen LogP contribution in [0.3, 0.4) is 0 Å². The van der Waals surface area contributed by atoms with Crippen molar-refractivity contribution in [3.63, 3.8) is 0 Å². The summed E-state index contributed by atoms with van der Waals surface area (Å²) in [4.78, 5) is 28.1. The molecule has 0 fully saturated rings. The second-order valence-corrected chi connectivity index (χ2v) is 5.41. The summed E-state index contributed by atoms with van der Waals surface area (Å²) in [6.07, 6.45) is 2.89. The van der Waals surface area contributed by atoms with Gasteiger partial charge in [-0.2, -0.15) is 0 Å². The van der Waals surface area contributed by atoms with Crippen LogP contribution >= 0.6 is 0 Å². The zero-order valence-corrected chi connectivity index (χ0v) is 13.7. The lowest BCUT2D eigenvalue weighted by Gasteiger charge is -2.08. The topological polar surface area (TPSA) is 85.7 Å². The predicted molar refractivity (Wildman–Crippen MR) is 92.9 cm³/mol. The smallest absolute Gasteiger partial charge is 0.345 e. The highest BCUT2D eigenvalue weighted by atomic mass is 16.5. The molecule has 0 amide bonds. The number of carbonyl (C=O) groups excluding carboxylic acids is 2. The second-order valence-electron chi connectivity index (χ2n) is 5.41. The fourth-order valence-electron chi connectivity index (χ4n) is 2.22. The molecule has 0 aliphatic heterocycles. The SMILES string of the molecule is O=C(OCc1ccccc1)c1cc(O)cc(OC(=O)c2cccnc2)c1. The molecule has 0 saturated carbocycles. The van der Waals surface area contributed by atoms with Crippen LogP contribution in [-0.2, 0) is 11.3 Å². The van der Waals surface area contributed by atoms with E-state index in [1.807, 2.05) is 30.3 Å². The van der Waals surface area contributed by atoms with Crippen molar-refractivity contribution in [2.45, 2.75) is 6.61 Å². The maximum atomic E-state index is 12.2. The number of aromatic nitrogens is 1. The number of phenols is 1. The maximum Gasteiger partial charge on any atom is 0.345 e. The van der Waals surface area contributed by atoms with Crippen LogP contribution in [0.25, 0.3) is 0 Å². The molecule has 6 heteroatoms. The third kappa shape index (κ3) is 4.45. The number of rotatable bonds is 5. The summed E-state index contributed by atoms with van der Waals surface area (Å²) < 4.78 is 10.4. The Kier molecular flexibility index (Phi) is 5.24. The van der Waals surface area contributed by atoms with Crippen molar-refractivity contribution in [1.82, 2.24) is 4.98 Å². The summed E-state index contributed by atoms with van der Waals surface area (Å²) in [5.74, 6) is -1.46. The van der Waals surface area contributed by atoms with Gasteiger partial charge in [-0.15, -0.1) is 0 Å². The summed E-state index contributed by atoms with van der Waals surface area (Å²) in [5.41, 5.74) is 1.17. The first kappa shape index (κ1) is 17.2. The van der Waals surface area contributed by atoms with Gasteiger partial charge in [0, 0.05) is 18.5 Å². The molecule has 6 nitrogen and oxygen atoms in total. The van der Waals surface area contributed by atoms with Crippen LogP contribution in [0.4, 0.5) is 0 Å². The fourth-order valence-corrected chi connectivity index (χ4v) is 2.22. The summed E-state index contributed by atoms with van der Waals surface area (Å²) >= 11 is 0. The van der Waals surface area contributed by atoms with Gasteiger partial charge >= 0.3 is 11.9 Å². The Balaban J connectivity index is 1.70. The van der Waals surface area contributed by atoms with E-state index in [-0.39, 0.29) is 29.2 Å². The first-order valence-electron chi connectivity index (χ1n) is 7.79. The molecule has 26 heavy (non-hydrogen) atoms. The molecular formula is C20H15NO5. The minimum Gasteiger partial charge on any atom is -0.508 e. The number of nitrogens with zero attached hydrogens (tertiary/aromatic N) is 1. The van der Waals surface area contributed by atoms with Gasteiger partial charge in [0.15, 0.2) is 0 Å². The van der Waals surface area contributed by atoms with E-state index >= 15 is 0 Å². The van der Waals surface area contributed by atoms with Crippen LogP contribution in [0.2, 0.25) is 0 Å². The van der Waals surface area contributed by atoms with Gasteiger partial charge in [-0.25, -0.2) is 9.59 Å². The number of hydrogen-bond donors (Lipinski definition) is 1. The molecule has 0 saturated heterocycles. The molecule has 0 atom stereocenters. The number of aromatic hydroxyl groups is 1. The Bertz CT molecular complexity index is 910. The van der Waals surface area contributed by atoms with Crippen LogP contribution in [0.15, 0.2) is 73.1 Å². The summed E-state index contributed by atoms with van der Waals surface area (Å²) in [6, 6.07) is 16.2. The minimum atomic E-state index is -0.646. The lowest BCUT2D eigenvalue weighted by Crippen LogP contribution is -2.10. The number of pyridine rings is 1. The fraction of sp³-hybridized carbons (Fsp3) is 0.0500. The van der Waals surface area contributed by atoms with Crippen LogP contribution in [0.1, 0.15) is 26.3 Å². The lowest BCUT2D eigenvalue weighted by molar-refractivity contribution is 0.0470. The van der Waals surface area contributed by atoms with Crippen molar-refractivity contribution in [2.24, 2.45) is 0 Å². The van der Waals surface area contributed by atoms with Gasteiger partial charge in [-0.1, -0.05) is 30.3 Å². The average molecular weight is 349 g/mol. The van der Waals surface area contributed by atoms with Crippen molar-refractivity contribution < 1.29 is 24.2 Å². The molecule has 1 aromatic heterocycles. The van der Waals surface area contributed by atoms with E-state index in [0.29, 0.717) is 0 Å². The van der Waals surface area contributed by atoms with Crippen molar-refractivity contribution in [3.05, 3.63) is 89.7 Å². The van der Waals surface area contributed by atoms with Crippen molar-refractivity contribution in [2.75, 3.05) is 0 Å². The summed E-state index contributed by atoms with van der Waals surface area (Å²) in [7, 11) is 0. The number of carbonyl (C=O) groups is 2. The first-order chi connectivity index (χ1) is 12.6. The molecule has 0 aliphatic carbocycles. The van der Waals surface area contributed by atoms with Crippen LogP contribution < -0.4 is 4.74 Å². The number of esters is 2. The van der Waals surface area contributed by atoms with Gasteiger partial charge in [-0.05, 0) is 29.8 Å². The van der Waals surface area contributed by atoms with Crippen molar-refractivity contribution >= 4 is 11.9 Å². The van der Waals surface area contributed by atoms with E-state index in [1.54, 1.807) is 12.1 Å². The van der Waals surface area contributed by atoms with E-state index in [2.05, 4.69) is 4.98 Å². The van der Waals surface area contributed by atoms with Gasteiger partial charge in [0.25, 0.3) is 0 Å². The predicted octanol–water partition coefficient (Wildman–Crippen LogP) is 3.36. The molecule has 0 radical (unpaired) electrons. The first-order valence-corrected chi connectivity index (χ1v) is 7.79. The number of hydrogen-bond acceptors (Lipinski definition) is 6. The third-order valence-electron chi connectivity index (χ3n) is 3.45. The number of benzene rings is 2. The molecule has 1 N–H and O–H groups in total. The Morgan fingerprint density at radius 2 is 1.73 bits per heavy atom. The van der Waals surface area contributed by atoms with E-state index in [4.69, 9.17) is 9.47 Å². The highest BCUT2D eigenvalue weighted by Gasteiger charge is 2.14. The summed E-state index contributed by atoms with van der Waals surface area (Å²) in [5, 5.41) is 9.80. The Hall–Kier alpha value is -3.67. The van der Waals surface area contributed by atoms with E-state index in [1.165, 1.54) is 30.6 Å². The maximum absolute atomic E-state index is 12.2. The molecule has 3 rings (SSSR count). The standard InChI is InChI=1S/C20H15NO5/c22-17-9-16(19(23)25-13-14-5-2-1-3-6-14)10-18(11-17)26-20(24)15-7-4-8-21-12-15/h1-12,22H,13H2. The molecule has 0 aliphatic rings. The monoisotopic (exact) mass is 349 g/mol. The summed E-state index contributed by atoms with van der Waals surface area (Å²) in [6.45, 7) is 0.0974. The van der Waals surface area contributed by atoms with Gasteiger partial charge in [-0.3, -0.25) is 4.98 Å². The van der Waals surface area contributed by atoms with Crippen molar-refractivity contribution in [3.8, 4) is 11.5 Å². The second kappa shape index (κ2) is 7.94. The molecule has 0 spiro atoms. The number of ether oxygens (including phenoxy) is 2. The van der Waals surface area contributed by atoms with Crippen molar-refractivity contribution in [1.29, 1.82) is 0 Å². The molecule has 0 unspecified atom stereocenters. The van der Waals surface area contributed by atoms with E-state index < -0.39 is 11.9 Å². The zero-order valence-electron chi connectivity index (χ0n) is 13.7. The Morgan fingerprint density at radius 1 is 0.923 bits per heavy atom. The van der Waals surface area contributed by atoms with Gasteiger partial charge in [0.05, 0.1) is 11.1 Å². The van der Waals surface area contributed by atoms with E-state index in [0.717, 1.165) is 5.56 Å². The molecule has 1 heterocycles. The molecule has 2 aromatic carbocycles. The minimum absolute atomic E-state index is 0.0329. The molecule has 130 valence electrons. The van der Waals surface area contributed by atoms with Crippen LogP contribution in [-0.4, -0.2) is 22.0 Å². The molecule has 0 bridgehead atoms. The normalized spacial score (nSPS) is 10.2. The van der Waals surface area contributed by atoms with Gasteiger partial charge in [0.1, 0.15) is 18.1 Å². The van der Waals surface area contributed by atoms with E-state index in [9.17, 15) is 14.7 Å². The molecular weight excluding hydrogens is 334 g/mol.